The van der Waals surface area contributed by atoms with E-state index in [0.29, 0.717) is 15.0 Å². The number of thioether (sulfide) groups is 1. The minimum absolute atomic E-state index is 0.0326. The maximum absolute atomic E-state index is 13.0. The van der Waals surface area contributed by atoms with Crippen LogP contribution in [0.5, 0.6) is 0 Å². The van der Waals surface area contributed by atoms with Gasteiger partial charge in [-0.25, -0.2) is 0 Å². The summed E-state index contributed by atoms with van der Waals surface area (Å²) in [6.07, 6.45) is 8.81. The standard InChI is InChI=1S/C22H23NO2S2/c1-15-8-10-16(11-9-15)19-13-12-18(25-19)14-20-21(24)23(22(26)27-20)17-6-4-2-3-5-7-17/h8-14,17H,2-7H2,1H3/b20-14+. The number of carbonyl (C=O) groups is 1. The zero-order chi connectivity index (χ0) is 18.8. The van der Waals surface area contributed by atoms with E-state index < -0.39 is 0 Å². The van der Waals surface area contributed by atoms with Gasteiger partial charge in [-0.05, 0) is 31.9 Å². The van der Waals surface area contributed by atoms with Crippen LogP contribution in [-0.2, 0) is 4.79 Å². The fraction of sp³-hybridized carbons (Fsp3) is 0.364. The predicted molar refractivity (Wildman–Crippen MR) is 115 cm³/mol. The Morgan fingerprint density at radius 2 is 1.78 bits per heavy atom. The summed E-state index contributed by atoms with van der Waals surface area (Å²) in [4.78, 5) is 15.5. The number of aryl methyl sites for hydroxylation is 1. The molecule has 4 rings (SSSR count). The molecule has 5 heteroatoms. The van der Waals surface area contributed by atoms with Crippen molar-refractivity contribution >= 4 is 40.3 Å². The molecule has 2 aliphatic rings. The predicted octanol–water partition coefficient (Wildman–Crippen LogP) is 6.18. The summed E-state index contributed by atoms with van der Waals surface area (Å²) in [5, 5.41) is 0. The van der Waals surface area contributed by atoms with Gasteiger partial charge in [-0.1, -0.05) is 79.5 Å². The Morgan fingerprint density at radius 3 is 2.48 bits per heavy atom. The van der Waals surface area contributed by atoms with Crippen LogP contribution in [0.3, 0.4) is 0 Å². The third-order valence-corrected chi connectivity index (χ3v) is 6.58. The fourth-order valence-corrected chi connectivity index (χ4v) is 5.12. The molecule has 0 unspecified atom stereocenters. The van der Waals surface area contributed by atoms with Crippen LogP contribution < -0.4 is 0 Å². The van der Waals surface area contributed by atoms with Crippen molar-refractivity contribution in [3.05, 3.63) is 52.6 Å². The van der Waals surface area contributed by atoms with Crippen molar-refractivity contribution in [2.75, 3.05) is 0 Å². The molecule has 140 valence electrons. The second kappa shape index (κ2) is 8.03. The lowest BCUT2D eigenvalue weighted by Crippen LogP contribution is -2.38. The topological polar surface area (TPSA) is 33.5 Å². The summed E-state index contributed by atoms with van der Waals surface area (Å²) in [6.45, 7) is 2.06. The van der Waals surface area contributed by atoms with Gasteiger partial charge in [0.1, 0.15) is 15.8 Å². The van der Waals surface area contributed by atoms with Crippen molar-refractivity contribution in [2.45, 2.75) is 51.5 Å². The fourth-order valence-electron chi connectivity index (χ4n) is 3.74. The first-order valence-electron chi connectivity index (χ1n) is 9.56. The van der Waals surface area contributed by atoms with Crippen molar-refractivity contribution in [2.24, 2.45) is 0 Å². The van der Waals surface area contributed by atoms with E-state index in [1.165, 1.54) is 43.0 Å². The molecule has 1 saturated heterocycles. The van der Waals surface area contributed by atoms with E-state index in [4.69, 9.17) is 16.6 Å². The van der Waals surface area contributed by atoms with Crippen LogP contribution in [0.25, 0.3) is 17.4 Å². The molecule has 0 atom stereocenters. The van der Waals surface area contributed by atoms with E-state index in [1.807, 2.05) is 35.2 Å². The summed E-state index contributed by atoms with van der Waals surface area (Å²) >= 11 is 6.92. The first-order chi connectivity index (χ1) is 13.1. The Morgan fingerprint density at radius 1 is 1.07 bits per heavy atom. The molecule has 1 aromatic heterocycles. The number of benzene rings is 1. The van der Waals surface area contributed by atoms with E-state index in [-0.39, 0.29) is 11.9 Å². The number of amides is 1. The first-order valence-corrected chi connectivity index (χ1v) is 10.8. The lowest BCUT2D eigenvalue weighted by atomic mass is 10.1. The van der Waals surface area contributed by atoms with Gasteiger partial charge in [-0.3, -0.25) is 9.69 Å². The highest BCUT2D eigenvalue weighted by Crippen LogP contribution is 2.37. The van der Waals surface area contributed by atoms with Crippen molar-refractivity contribution in [3.63, 3.8) is 0 Å². The third kappa shape index (κ3) is 4.04. The van der Waals surface area contributed by atoms with Crippen molar-refractivity contribution in [1.82, 2.24) is 4.90 Å². The van der Waals surface area contributed by atoms with Crippen molar-refractivity contribution in [3.8, 4) is 11.3 Å². The minimum atomic E-state index is 0.0326. The second-order valence-corrected chi connectivity index (χ2v) is 8.94. The largest absolute Gasteiger partial charge is 0.457 e. The molecular formula is C22H23NO2S2. The maximum atomic E-state index is 13.0. The summed E-state index contributed by atoms with van der Waals surface area (Å²) in [5.41, 5.74) is 2.25. The summed E-state index contributed by atoms with van der Waals surface area (Å²) in [7, 11) is 0. The molecule has 1 aromatic carbocycles. The van der Waals surface area contributed by atoms with Crippen LogP contribution in [0.2, 0.25) is 0 Å². The van der Waals surface area contributed by atoms with Crippen LogP contribution >= 0.6 is 24.0 Å². The average Bonchev–Trinajstić information content (AvgIpc) is 3.10. The molecule has 3 nitrogen and oxygen atoms in total. The van der Waals surface area contributed by atoms with Crippen molar-refractivity contribution < 1.29 is 9.21 Å². The molecule has 0 spiro atoms. The monoisotopic (exact) mass is 397 g/mol. The van der Waals surface area contributed by atoms with Gasteiger partial charge < -0.3 is 4.42 Å². The molecule has 1 aliphatic heterocycles. The van der Waals surface area contributed by atoms with Gasteiger partial charge in [0.25, 0.3) is 5.91 Å². The highest BCUT2D eigenvalue weighted by atomic mass is 32.2. The van der Waals surface area contributed by atoms with Crippen LogP contribution in [0.4, 0.5) is 0 Å². The quantitative estimate of drug-likeness (QED) is 0.352. The molecule has 1 saturated carbocycles. The second-order valence-electron chi connectivity index (χ2n) is 7.27. The van der Waals surface area contributed by atoms with Crippen LogP contribution in [0, 0.1) is 6.92 Å². The molecular weight excluding hydrogens is 374 g/mol. The Labute approximate surface area is 169 Å². The molecule has 1 amide bonds. The number of nitrogens with zero attached hydrogens (tertiary/aromatic N) is 1. The molecule has 2 heterocycles. The Balaban J connectivity index is 1.53. The third-order valence-electron chi connectivity index (χ3n) is 5.25. The van der Waals surface area contributed by atoms with Gasteiger partial charge >= 0.3 is 0 Å². The first kappa shape index (κ1) is 18.5. The number of rotatable bonds is 3. The van der Waals surface area contributed by atoms with Gasteiger partial charge in [0.2, 0.25) is 0 Å². The Bertz CT molecular complexity index is 874. The zero-order valence-electron chi connectivity index (χ0n) is 15.4. The van der Waals surface area contributed by atoms with Crippen molar-refractivity contribution in [1.29, 1.82) is 0 Å². The molecule has 2 aromatic rings. The number of hydrogen-bond donors (Lipinski definition) is 0. The molecule has 0 bridgehead atoms. The lowest BCUT2D eigenvalue weighted by molar-refractivity contribution is -0.123. The normalized spacial score (nSPS) is 20.5. The van der Waals surface area contributed by atoms with Crippen LogP contribution in [-0.4, -0.2) is 21.2 Å². The highest BCUT2D eigenvalue weighted by molar-refractivity contribution is 8.26. The molecule has 1 aliphatic carbocycles. The summed E-state index contributed by atoms with van der Waals surface area (Å²) in [6, 6.07) is 12.3. The highest BCUT2D eigenvalue weighted by Gasteiger charge is 2.37. The smallest absolute Gasteiger partial charge is 0.266 e. The van der Waals surface area contributed by atoms with Gasteiger partial charge in [0.15, 0.2) is 0 Å². The minimum Gasteiger partial charge on any atom is -0.457 e. The van der Waals surface area contributed by atoms with Gasteiger partial charge in [0.05, 0.1) is 4.91 Å². The van der Waals surface area contributed by atoms with Gasteiger partial charge in [-0.2, -0.15) is 0 Å². The molecule has 2 fully saturated rings. The number of furan rings is 1. The average molecular weight is 398 g/mol. The zero-order valence-corrected chi connectivity index (χ0v) is 17.1. The van der Waals surface area contributed by atoms with Crippen LogP contribution in [0.1, 0.15) is 49.8 Å². The Kier molecular flexibility index (Phi) is 5.50. The van der Waals surface area contributed by atoms with E-state index in [1.54, 1.807) is 0 Å². The lowest BCUT2D eigenvalue weighted by Gasteiger charge is -2.25. The number of carbonyl (C=O) groups excluding carboxylic acids is 1. The van der Waals surface area contributed by atoms with Crippen LogP contribution in [0.15, 0.2) is 45.7 Å². The van der Waals surface area contributed by atoms with E-state index in [0.717, 1.165) is 24.2 Å². The van der Waals surface area contributed by atoms with Gasteiger partial charge in [0, 0.05) is 17.7 Å². The number of hydrogen-bond acceptors (Lipinski definition) is 4. The van der Waals surface area contributed by atoms with E-state index >= 15 is 0 Å². The van der Waals surface area contributed by atoms with Gasteiger partial charge in [-0.15, -0.1) is 0 Å². The molecule has 0 radical (unpaired) electrons. The Hall–Kier alpha value is -1.85. The molecule has 0 N–H and O–H groups in total. The maximum Gasteiger partial charge on any atom is 0.266 e. The summed E-state index contributed by atoms with van der Waals surface area (Å²) in [5.74, 6) is 1.53. The SMILES string of the molecule is Cc1ccc(-c2ccc(/C=C3/SC(=S)N(C4CCCCCC4)C3=O)o2)cc1. The summed E-state index contributed by atoms with van der Waals surface area (Å²) < 4.78 is 6.64. The van der Waals surface area contributed by atoms with E-state index in [2.05, 4.69) is 19.1 Å². The molecule has 27 heavy (non-hydrogen) atoms. The van der Waals surface area contributed by atoms with E-state index in [9.17, 15) is 4.79 Å². The number of thiocarbonyl (C=S) groups is 1.